The van der Waals surface area contributed by atoms with Gasteiger partial charge < -0.3 is 15.5 Å². The standard InChI is InChI=1S/C16H16F3N7O2/c1-25(15(20)21)14(27)11-6-9-10(16(17,18)19)2-3-12(13(9)24-11)28-5-4-26-8-22-7-23-26/h2-3,6-8,24H,4-5H2,1H3,(H3,20,21). The van der Waals surface area contributed by atoms with Crippen LogP contribution in [0, 0.1) is 5.41 Å². The predicted octanol–water partition coefficient (Wildman–Crippen LogP) is 1.82. The molecule has 4 N–H and O–H groups in total. The number of carbonyl (C=O) groups is 1. The number of nitrogens with one attached hydrogen (secondary N) is 2. The van der Waals surface area contributed by atoms with E-state index in [2.05, 4.69) is 15.1 Å². The van der Waals surface area contributed by atoms with Gasteiger partial charge in [-0.25, -0.2) is 9.67 Å². The molecule has 9 nitrogen and oxygen atoms in total. The number of nitrogens with two attached hydrogens (primary N) is 1. The van der Waals surface area contributed by atoms with Gasteiger partial charge in [0.05, 0.1) is 17.6 Å². The Labute approximate surface area is 156 Å². The normalized spacial score (nSPS) is 11.6. The highest BCUT2D eigenvalue weighted by molar-refractivity contribution is 6.06. The van der Waals surface area contributed by atoms with E-state index >= 15 is 0 Å². The summed E-state index contributed by atoms with van der Waals surface area (Å²) in [7, 11) is 1.25. The van der Waals surface area contributed by atoms with Gasteiger partial charge in [0.1, 0.15) is 30.7 Å². The van der Waals surface area contributed by atoms with Crippen LogP contribution in [0.3, 0.4) is 0 Å². The van der Waals surface area contributed by atoms with Crippen LogP contribution < -0.4 is 10.5 Å². The Morgan fingerprint density at radius 2 is 2.18 bits per heavy atom. The first-order valence-corrected chi connectivity index (χ1v) is 7.98. The van der Waals surface area contributed by atoms with Gasteiger partial charge in [0, 0.05) is 12.4 Å². The quantitative estimate of drug-likeness (QED) is 0.449. The second kappa shape index (κ2) is 7.21. The number of ether oxygens (including phenoxy) is 1. The largest absolute Gasteiger partial charge is 0.489 e. The summed E-state index contributed by atoms with van der Waals surface area (Å²) in [5.41, 5.74) is 4.23. The van der Waals surface area contributed by atoms with Gasteiger partial charge in [0.2, 0.25) is 0 Å². The molecule has 3 rings (SSSR count). The number of benzene rings is 1. The Bertz CT molecular complexity index is 1010. The van der Waals surface area contributed by atoms with E-state index in [4.69, 9.17) is 15.9 Å². The van der Waals surface area contributed by atoms with E-state index in [0.717, 1.165) is 17.0 Å². The van der Waals surface area contributed by atoms with Crippen LogP contribution in [0.4, 0.5) is 13.2 Å². The Morgan fingerprint density at radius 3 is 2.79 bits per heavy atom. The van der Waals surface area contributed by atoms with Crippen molar-refractivity contribution in [3.8, 4) is 5.75 Å². The molecule has 12 heteroatoms. The number of nitrogens with zero attached hydrogens (tertiary/aromatic N) is 4. The van der Waals surface area contributed by atoms with Crippen LogP contribution >= 0.6 is 0 Å². The molecular weight excluding hydrogens is 379 g/mol. The SMILES string of the molecule is CN(C(=N)N)C(=O)c1cc2c(C(F)(F)F)ccc(OCCn3cncn3)c2[nH]1. The van der Waals surface area contributed by atoms with E-state index in [9.17, 15) is 18.0 Å². The monoisotopic (exact) mass is 395 g/mol. The summed E-state index contributed by atoms with van der Waals surface area (Å²) >= 11 is 0. The molecule has 2 heterocycles. The van der Waals surface area contributed by atoms with Crippen molar-refractivity contribution in [3.63, 3.8) is 0 Å². The van der Waals surface area contributed by atoms with Crippen molar-refractivity contribution < 1.29 is 22.7 Å². The molecule has 1 aromatic carbocycles. The first-order chi connectivity index (χ1) is 13.2. The third kappa shape index (κ3) is 3.75. The Balaban J connectivity index is 1.97. The van der Waals surface area contributed by atoms with Gasteiger partial charge >= 0.3 is 6.18 Å². The molecule has 28 heavy (non-hydrogen) atoms. The topological polar surface area (TPSA) is 126 Å². The van der Waals surface area contributed by atoms with Gasteiger partial charge in [0.25, 0.3) is 5.91 Å². The molecule has 0 fully saturated rings. The zero-order valence-corrected chi connectivity index (χ0v) is 14.6. The third-order valence-corrected chi connectivity index (χ3v) is 4.00. The van der Waals surface area contributed by atoms with Crippen LogP contribution in [0.2, 0.25) is 0 Å². The molecule has 0 radical (unpaired) electrons. The number of aromatic amines is 1. The van der Waals surface area contributed by atoms with Crippen LogP contribution in [-0.4, -0.2) is 50.2 Å². The lowest BCUT2D eigenvalue weighted by molar-refractivity contribution is -0.136. The number of hydrogen-bond acceptors (Lipinski definition) is 5. The molecule has 0 saturated carbocycles. The van der Waals surface area contributed by atoms with Crippen LogP contribution in [0.1, 0.15) is 16.1 Å². The van der Waals surface area contributed by atoms with Gasteiger partial charge in [-0.1, -0.05) is 0 Å². The number of halogens is 3. The van der Waals surface area contributed by atoms with E-state index in [1.165, 1.54) is 30.5 Å². The van der Waals surface area contributed by atoms with Crippen LogP contribution in [0.15, 0.2) is 30.9 Å². The summed E-state index contributed by atoms with van der Waals surface area (Å²) in [5, 5.41) is 11.0. The Morgan fingerprint density at radius 1 is 1.43 bits per heavy atom. The minimum Gasteiger partial charge on any atom is -0.489 e. The lowest BCUT2D eigenvalue weighted by Crippen LogP contribution is -2.38. The highest BCUT2D eigenvalue weighted by Gasteiger charge is 2.34. The minimum absolute atomic E-state index is 0.0220. The maximum Gasteiger partial charge on any atom is 0.417 e. The number of aromatic nitrogens is 4. The number of guanidine groups is 1. The number of alkyl halides is 3. The molecule has 0 saturated heterocycles. The molecule has 0 aliphatic rings. The smallest absolute Gasteiger partial charge is 0.417 e. The van der Waals surface area contributed by atoms with Gasteiger partial charge in [-0.15, -0.1) is 0 Å². The molecule has 1 amide bonds. The van der Waals surface area contributed by atoms with Crippen LogP contribution in [0.25, 0.3) is 10.9 Å². The van der Waals surface area contributed by atoms with E-state index in [-0.39, 0.29) is 29.0 Å². The predicted molar refractivity (Wildman–Crippen MR) is 92.8 cm³/mol. The maximum atomic E-state index is 13.4. The fourth-order valence-corrected chi connectivity index (χ4v) is 2.56. The number of amides is 1. The minimum atomic E-state index is -4.62. The second-order valence-corrected chi connectivity index (χ2v) is 5.84. The van der Waals surface area contributed by atoms with E-state index < -0.39 is 23.6 Å². The maximum absolute atomic E-state index is 13.4. The number of H-pyrrole nitrogens is 1. The van der Waals surface area contributed by atoms with E-state index in [1.807, 2.05) is 0 Å². The molecular formula is C16H16F3N7O2. The summed E-state index contributed by atoms with van der Waals surface area (Å²) in [6, 6.07) is 3.15. The first kappa shape index (κ1) is 19.2. The van der Waals surface area contributed by atoms with Crippen molar-refractivity contribution in [2.45, 2.75) is 12.7 Å². The molecule has 0 spiro atoms. The molecule has 0 bridgehead atoms. The van der Waals surface area contributed by atoms with Crippen molar-refractivity contribution in [3.05, 3.63) is 42.1 Å². The van der Waals surface area contributed by atoms with Crippen LogP contribution in [-0.2, 0) is 12.7 Å². The molecule has 0 atom stereocenters. The lowest BCUT2D eigenvalue weighted by atomic mass is 10.1. The molecule has 0 unspecified atom stereocenters. The van der Waals surface area contributed by atoms with Gasteiger partial charge in [-0.2, -0.15) is 18.3 Å². The molecule has 148 valence electrons. The number of fused-ring (bicyclic) bond motifs is 1. The summed E-state index contributed by atoms with van der Waals surface area (Å²) in [6.45, 7) is 0.460. The summed E-state index contributed by atoms with van der Waals surface area (Å²) < 4.78 is 47.2. The Hall–Kier alpha value is -3.57. The fourth-order valence-electron chi connectivity index (χ4n) is 2.56. The zero-order valence-electron chi connectivity index (χ0n) is 14.6. The van der Waals surface area contributed by atoms with Gasteiger partial charge in [-0.3, -0.25) is 15.1 Å². The molecule has 3 aromatic rings. The lowest BCUT2D eigenvalue weighted by Gasteiger charge is -2.13. The van der Waals surface area contributed by atoms with Gasteiger partial charge in [-0.05, 0) is 18.2 Å². The highest BCUT2D eigenvalue weighted by Crippen LogP contribution is 2.38. The number of hydrogen-bond donors (Lipinski definition) is 3. The van der Waals surface area contributed by atoms with Crippen molar-refractivity contribution >= 4 is 22.8 Å². The van der Waals surface area contributed by atoms with E-state index in [1.54, 1.807) is 0 Å². The molecule has 0 aliphatic heterocycles. The van der Waals surface area contributed by atoms with Crippen molar-refractivity contribution in [1.82, 2.24) is 24.6 Å². The Kier molecular flexibility index (Phi) is 4.94. The zero-order chi connectivity index (χ0) is 20.5. The molecule has 0 aliphatic carbocycles. The summed E-state index contributed by atoms with van der Waals surface area (Å²) in [4.78, 5) is 19.6. The highest BCUT2D eigenvalue weighted by atomic mass is 19.4. The van der Waals surface area contributed by atoms with E-state index in [0.29, 0.717) is 6.54 Å². The molecule has 2 aromatic heterocycles. The summed E-state index contributed by atoms with van der Waals surface area (Å²) in [5.74, 6) is -1.14. The fraction of sp³-hybridized carbons (Fsp3) is 0.250. The van der Waals surface area contributed by atoms with Crippen LogP contribution in [0.5, 0.6) is 5.75 Å². The summed E-state index contributed by atoms with van der Waals surface area (Å²) in [6.07, 6.45) is -1.79. The number of rotatable bonds is 5. The van der Waals surface area contributed by atoms with Gasteiger partial charge in [0.15, 0.2) is 5.96 Å². The average Bonchev–Trinajstić information content (AvgIpc) is 3.29. The second-order valence-electron chi connectivity index (χ2n) is 5.84. The van der Waals surface area contributed by atoms with Crippen molar-refractivity contribution in [1.29, 1.82) is 5.41 Å². The van der Waals surface area contributed by atoms with Crippen molar-refractivity contribution in [2.24, 2.45) is 5.73 Å². The average molecular weight is 395 g/mol. The first-order valence-electron chi connectivity index (χ1n) is 7.98. The number of carbonyl (C=O) groups excluding carboxylic acids is 1. The third-order valence-electron chi connectivity index (χ3n) is 4.00. The van der Waals surface area contributed by atoms with Crippen molar-refractivity contribution in [2.75, 3.05) is 13.7 Å².